The van der Waals surface area contributed by atoms with Crippen LogP contribution in [-0.2, 0) is 11.2 Å². The molecule has 2 amide bonds. The molecule has 9 heteroatoms. The molecule has 2 aromatic heterocycles. The topological polar surface area (TPSA) is 107 Å². The third-order valence-electron chi connectivity index (χ3n) is 5.47. The van der Waals surface area contributed by atoms with Crippen LogP contribution in [0.5, 0.6) is 11.5 Å². The van der Waals surface area contributed by atoms with Gasteiger partial charge in [-0.1, -0.05) is 0 Å². The van der Waals surface area contributed by atoms with Gasteiger partial charge in [0.25, 0.3) is 5.91 Å². The van der Waals surface area contributed by atoms with Crippen LogP contribution in [0.25, 0.3) is 5.65 Å². The summed E-state index contributed by atoms with van der Waals surface area (Å²) in [6.07, 6.45) is 6.01. The van der Waals surface area contributed by atoms with Crippen molar-refractivity contribution in [2.24, 2.45) is 5.92 Å². The smallest absolute Gasteiger partial charge is 0.261 e. The first-order valence-electron chi connectivity index (χ1n) is 10.2. The Labute approximate surface area is 178 Å². The molecule has 2 aliphatic rings. The van der Waals surface area contributed by atoms with E-state index in [1.165, 1.54) is 6.20 Å². The van der Waals surface area contributed by atoms with Gasteiger partial charge in [0, 0.05) is 49.3 Å². The second kappa shape index (κ2) is 7.26. The van der Waals surface area contributed by atoms with Crippen LogP contribution < -0.4 is 20.1 Å². The van der Waals surface area contributed by atoms with Gasteiger partial charge < -0.3 is 20.1 Å². The molecule has 5 rings (SSSR count). The minimum absolute atomic E-state index is 0.0294. The minimum Gasteiger partial charge on any atom is -0.491 e. The Kier molecular flexibility index (Phi) is 4.53. The standard InChI is InChI=1S/C22H23N5O4/c1-22(2)9-14-7-16(26-21(29)15-11-25-27-5-3-4-23-20(15)27)18(8-17(14)31-22)30-12-13-6-19(28)24-10-13/h3-5,7-8,11,13H,6,9-10,12H2,1-2H3,(H,24,28)(H,26,29). The number of amides is 2. The molecule has 0 aliphatic carbocycles. The van der Waals surface area contributed by atoms with Crippen molar-refractivity contribution in [1.82, 2.24) is 19.9 Å². The molecule has 3 aromatic rings. The lowest BCUT2D eigenvalue weighted by Gasteiger charge is -2.18. The summed E-state index contributed by atoms with van der Waals surface area (Å²) >= 11 is 0. The summed E-state index contributed by atoms with van der Waals surface area (Å²) in [7, 11) is 0. The van der Waals surface area contributed by atoms with Gasteiger partial charge in [-0.25, -0.2) is 9.50 Å². The number of hydrogen-bond donors (Lipinski definition) is 2. The van der Waals surface area contributed by atoms with Crippen LogP contribution in [0.3, 0.4) is 0 Å². The molecule has 31 heavy (non-hydrogen) atoms. The molecule has 1 unspecified atom stereocenters. The Bertz CT molecular complexity index is 1190. The molecule has 1 fully saturated rings. The Hall–Kier alpha value is -3.62. The van der Waals surface area contributed by atoms with E-state index in [1.807, 2.05) is 26.0 Å². The van der Waals surface area contributed by atoms with Crippen molar-refractivity contribution in [3.63, 3.8) is 0 Å². The second-order valence-electron chi connectivity index (χ2n) is 8.58. The average Bonchev–Trinajstić information content (AvgIpc) is 3.41. The quantitative estimate of drug-likeness (QED) is 0.654. The fourth-order valence-electron chi connectivity index (χ4n) is 4.02. The summed E-state index contributed by atoms with van der Waals surface area (Å²) in [6, 6.07) is 5.46. The van der Waals surface area contributed by atoms with Crippen LogP contribution in [0.1, 0.15) is 36.2 Å². The zero-order valence-corrected chi connectivity index (χ0v) is 17.3. The maximum Gasteiger partial charge on any atom is 0.261 e. The van der Waals surface area contributed by atoms with Gasteiger partial charge in [0.2, 0.25) is 5.91 Å². The van der Waals surface area contributed by atoms with Crippen molar-refractivity contribution in [2.75, 3.05) is 18.5 Å². The Balaban J connectivity index is 1.43. The Morgan fingerprint density at radius 2 is 2.29 bits per heavy atom. The van der Waals surface area contributed by atoms with E-state index in [0.29, 0.717) is 42.2 Å². The highest BCUT2D eigenvalue weighted by molar-refractivity contribution is 6.08. The summed E-state index contributed by atoms with van der Waals surface area (Å²) in [6.45, 7) is 4.99. The number of carbonyl (C=O) groups is 2. The first-order chi connectivity index (χ1) is 14.9. The van der Waals surface area contributed by atoms with Crippen molar-refractivity contribution in [3.8, 4) is 11.5 Å². The van der Waals surface area contributed by atoms with Crippen LogP contribution in [0, 0.1) is 5.92 Å². The van der Waals surface area contributed by atoms with Crippen LogP contribution in [0.2, 0.25) is 0 Å². The Morgan fingerprint density at radius 3 is 3.10 bits per heavy atom. The molecule has 4 heterocycles. The van der Waals surface area contributed by atoms with Gasteiger partial charge in [-0.3, -0.25) is 9.59 Å². The van der Waals surface area contributed by atoms with Gasteiger partial charge in [-0.05, 0) is 26.0 Å². The summed E-state index contributed by atoms with van der Waals surface area (Å²) in [5.74, 6) is 1.05. The monoisotopic (exact) mass is 421 g/mol. The number of anilines is 1. The lowest BCUT2D eigenvalue weighted by Crippen LogP contribution is -2.24. The third kappa shape index (κ3) is 3.78. The van der Waals surface area contributed by atoms with E-state index < -0.39 is 0 Å². The van der Waals surface area contributed by atoms with E-state index in [0.717, 1.165) is 17.7 Å². The van der Waals surface area contributed by atoms with E-state index in [-0.39, 0.29) is 23.3 Å². The molecule has 0 saturated carbocycles. The van der Waals surface area contributed by atoms with Crippen molar-refractivity contribution in [1.29, 1.82) is 0 Å². The summed E-state index contributed by atoms with van der Waals surface area (Å²) in [4.78, 5) is 28.8. The van der Waals surface area contributed by atoms with Gasteiger partial charge in [-0.15, -0.1) is 0 Å². The molecule has 0 bridgehead atoms. The molecular weight excluding hydrogens is 398 g/mol. The highest BCUT2D eigenvalue weighted by Crippen LogP contribution is 2.41. The molecule has 2 N–H and O–H groups in total. The van der Waals surface area contributed by atoms with Crippen molar-refractivity contribution < 1.29 is 19.1 Å². The predicted octanol–water partition coefficient (Wildman–Crippen LogP) is 2.21. The number of fused-ring (bicyclic) bond motifs is 2. The number of rotatable bonds is 5. The molecule has 1 aromatic carbocycles. The van der Waals surface area contributed by atoms with Crippen molar-refractivity contribution in [3.05, 3.63) is 47.9 Å². The average molecular weight is 421 g/mol. The molecule has 2 aliphatic heterocycles. The maximum atomic E-state index is 13.0. The van der Waals surface area contributed by atoms with E-state index >= 15 is 0 Å². The zero-order chi connectivity index (χ0) is 21.6. The lowest BCUT2D eigenvalue weighted by molar-refractivity contribution is -0.119. The van der Waals surface area contributed by atoms with Gasteiger partial charge in [0.05, 0.1) is 18.5 Å². The summed E-state index contributed by atoms with van der Waals surface area (Å²) in [5, 5.41) is 9.94. The number of ether oxygens (including phenoxy) is 2. The first kappa shape index (κ1) is 19.3. The number of aromatic nitrogens is 3. The van der Waals surface area contributed by atoms with Gasteiger partial charge in [0.15, 0.2) is 5.65 Å². The van der Waals surface area contributed by atoms with E-state index in [1.54, 1.807) is 23.0 Å². The fourth-order valence-corrected chi connectivity index (χ4v) is 4.02. The van der Waals surface area contributed by atoms with E-state index in [4.69, 9.17) is 9.47 Å². The molecule has 160 valence electrons. The van der Waals surface area contributed by atoms with Gasteiger partial charge in [0.1, 0.15) is 22.7 Å². The van der Waals surface area contributed by atoms with Crippen molar-refractivity contribution in [2.45, 2.75) is 32.3 Å². The molecule has 1 saturated heterocycles. The van der Waals surface area contributed by atoms with Crippen LogP contribution in [-0.4, -0.2) is 45.2 Å². The first-order valence-corrected chi connectivity index (χ1v) is 10.2. The predicted molar refractivity (Wildman–Crippen MR) is 112 cm³/mol. The molecule has 0 spiro atoms. The number of carbonyl (C=O) groups excluding carboxylic acids is 2. The van der Waals surface area contributed by atoms with E-state index in [9.17, 15) is 9.59 Å². The number of benzene rings is 1. The minimum atomic E-state index is -0.325. The highest BCUT2D eigenvalue weighted by Gasteiger charge is 2.32. The van der Waals surface area contributed by atoms with Crippen LogP contribution >= 0.6 is 0 Å². The molecule has 9 nitrogen and oxygen atoms in total. The Morgan fingerprint density at radius 1 is 1.42 bits per heavy atom. The van der Waals surface area contributed by atoms with Gasteiger partial charge >= 0.3 is 0 Å². The number of nitrogens with one attached hydrogen (secondary N) is 2. The van der Waals surface area contributed by atoms with E-state index in [2.05, 4.69) is 20.7 Å². The SMILES string of the molecule is CC1(C)Cc2cc(NC(=O)c3cnn4cccnc34)c(OCC3CNC(=O)C3)cc2O1. The summed E-state index contributed by atoms with van der Waals surface area (Å²) < 4.78 is 13.6. The van der Waals surface area contributed by atoms with Crippen LogP contribution in [0.4, 0.5) is 5.69 Å². The second-order valence-corrected chi connectivity index (χ2v) is 8.58. The number of hydrogen-bond acceptors (Lipinski definition) is 6. The number of nitrogens with zero attached hydrogens (tertiary/aromatic N) is 3. The molecule has 0 radical (unpaired) electrons. The lowest BCUT2D eigenvalue weighted by atomic mass is 10.0. The normalized spacial score (nSPS) is 19.0. The van der Waals surface area contributed by atoms with Gasteiger partial charge in [-0.2, -0.15) is 5.10 Å². The van der Waals surface area contributed by atoms with Crippen molar-refractivity contribution >= 4 is 23.1 Å². The largest absolute Gasteiger partial charge is 0.491 e. The molecule has 1 atom stereocenters. The maximum absolute atomic E-state index is 13.0. The summed E-state index contributed by atoms with van der Waals surface area (Å²) in [5.41, 5.74) is 2.08. The third-order valence-corrected chi connectivity index (χ3v) is 5.47. The fraction of sp³-hybridized carbons (Fsp3) is 0.364. The zero-order valence-electron chi connectivity index (χ0n) is 17.3. The van der Waals surface area contributed by atoms with Crippen LogP contribution in [0.15, 0.2) is 36.8 Å². The molecular formula is C22H23N5O4. The highest BCUT2D eigenvalue weighted by atomic mass is 16.5.